The Bertz CT molecular complexity index is 1620. The fourth-order valence-corrected chi connectivity index (χ4v) is 5.74. The minimum Gasteiger partial charge on any atom is -0.444 e. The van der Waals surface area contributed by atoms with Crippen LogP contribution in [0.15, 0.2) is 83.1 Å². The first-order valence-corrected chi connectivity index (χ1v) is 15.0. The molecule has 0 radical (unpaired) electrons. The molecule has 44 heavy (non-hydrogen) atoms. The fraction of sp³-hybridized carbons (Fsp3) is 0.382. The number of ether oxygens (including phenoxy) is 1. The van der Waals surface area contributed by atoms with Crippen molar-refractivity contribution >= 4 is 23.5 Å². The average molecular weight is 597 g/mol. The van der Waals surface area contributed by atoms with Crippen LogP contribution in [0.25, 0.3) is 11.3 Å². The number of anilines is 2. The molecule has 1 aromatic carbocycles. The van der Waals surface area contributed by atoms with Crippen molar-refractivity contribution in [1.29, 1.82) is 0 Å². The number of nitrogens with one attached hydrogen (secondary N) is 2. The number of allylic oxidation sites excluding steroid dienone is 2. The molecule has 10 heteroatoms. The zero-order chi connectivity index (χ0) is 31.4. The summed E-state index contributed by atoms with van der Waals surface area (Å²) in [6.07, 6.45) is 8.52. The zero-order valence-corrected chi connectivity index (χ0v) is 26.0. The number of alkyl carbamates (subject to hydrolysis) is 1. The van der Waals surface area contributed by atoms with Crippen molar-refractivity contribution in [2.45, 2.75) is 58.6 Å². The number of benzene rings is 1. The Hall–Kier alpha value is -4.73. The molecule has 5 rings (SSSR count). The van der Waals surface area contributed by atoms with Crippen molar-refractivity contribution in [1.82, 2.24) is 20.3 Å². The summed E-state index contributed by atoms with van der Waals surface area (Å²) >= 11 is 0. The van der Waals surface area contributed by atoms with E-state index in [9.17, 15) is 14.4 Å². The number of pyridine rings is 1. The third-order valence-corrected chi connectivity index (χ3v) is 7.76. The molecule has 1 unspecified atom stereocenters. The Morgan fingerprint density at radius 1 is 1.16 bits per heavy atom. The summed E-state index contributed by atoms with van der Waals surface area (Å²) in [7, 11) is 1.83. The van der Waals surface area contributed by atoms with Crippen LogP contribution >= 0.6 is 0 Å². The summed E-state index contributed by atoms with van der Waals surface area (Å²) in [5.74, 6) is 0.243. The van der Waals surface area contributed by atoms with Crippen molar-refractivity contribution in [3.05, 3.63) is 94.2 Å². The minimum absolute atomic E-state index is 0.157. The maximum atomic E-state index is 13.9. The molecule has 0 saturated heterocycles. The Labute approximate surface area is 257 Å². The number of H-pyrrole nitrogens is 1. The maximum Gasteiger partial charge on any atom is 0.407 e. The third kappa shape index (κ3) is 7.07. The van der Waals surface area contributed by atoms with Crippen molar-refractivity contribution < 1.29 is 14.3 Å². The Morgan fingerprint density at radius 2 is 1.89 bits per heavy atom. The van der Waals surface area contributed by atoms with Crippen molar-refractivity contribution in [3.8, 4) is 11.3 Å². The number of hydrogen-bond acceptors (Lipinski definition) is 8. The molecule has 0 saturated carbocycles. The maximum absolute atomic E-state index is 13.9. The molecule has 0 bridgehead atoms. The number of fused-ring (bicyclic) bond motifs is 1. The molecule has 1 amide bonds. The van der Waals surface area contributed by atoms with Gasteiger partial charge in [0.1, 0.15) is 22.8 Å². The second-order valence-corrected chi connectivity index (χ2v) is 12.3. The number of ketones is 1. The number of hydrogen-bond donors (Lipinski definition) is 2. The monoisotopic (exact) mass is 596 g/mol. The number of carbonyl (C=O) groups excluding carboxylic acids is 2. The van der Waals surface area contributed by atoms with E-state index in [1.807, 2.05) is 92.4 Å². The number of amides is 1. The first-order chi connectivity index (χ1) is 21.0. The molecule has 2 aliphatic rings. The highest BCUT2D eigenvalue weighted by Crippen LogP contribution is 2.38. The molecule has 2 N–H and O–H groups in total. The van der Waals surface area contributed by atoms with Crippen molar-refractivity contribution in [2.75, 3.05) is 29.9 Å². The van der Waals surface area contributed by atoms with E-state index in [2.05, 4.69) is 22.2 Å². The van der Waals surface area contributed by atoms with E-state index in [0.717, 1.165) is 28.7 Å². The van der Waals surface area contributed by atoms with Gasteiger partial charge in [0.2, 0.25) is 5.95 Å². The van der Waals surface area contributed by atoms with E-state index in [0.29, 0.717) is 43.3 Å². The highest BCUT2D eigenvalue weighted by atomic mass is 16.6. The van der Waals surface area contributed by atoms with E-state index < -0.39 is 11.7 Å². The molecule has 2 aromatic heterocycles. The summed E-state index contributed by atoms with van der Waals surface area (Å²) in [6.45, 7) is 8.28. The van der Waals surface area contributed by atoms with Gasteiger partial charge >= 0.3 is 6.09 Å². The van der Waals surface area contributed by atoms with Gasteiger partial charge in [0.25, 0.3) is 5.56 Å². The number of aromatic amines is 1. The van der Waals surface area contributed by atoms with E-state index in [-0.39, 0.29) is 23.3 Å². The molecular formula is C34H40N6O4. The molecule has 0 fully saturated rings. The van der Waals surface area contributed by atoms with Gasteiger partial charge in [-0.2, -0.15) is 0 Å². The third-order valence-electron chi connectivity index (χ3n) is 7.76. The molecule has 1 aliphatic heterocycles. The zero-order valence-electron chi connectivity index (χ0n) is 26.0. The number of carbonyl (C=O) groups is 2. The fourth-order valence-electron chi connectivity index (χ4n) is 5.74. The molecule has 0 spiro atoms. The summed E-state index contributed by atoms with van der Waals surface area (Å²) in [5.41, 5.74) is 3.80. The van der Waals surface area contributed by atoms with Gasteiger partial charge in [-0.25, -0.2) is 9.78 Å². The van der Waals surface area contributed by atoms with E-state index >= 15 is 0 Å². The molecule has 2 atom stereocenters. The van der Waals surface area contributed by atoms with Gasteiger partial charge in [0.05, 0.1) is 12.0 Å². The Kier molecular flexibility index (Phi) is 8.98. The predicted molar refractivity (Wildman–Crippen MR) is 172 cm³/mol. The lowest BCUT2D eigenvalue weighted by Gasteiger charge is -2.28. The van der Waals surface area contributed by atoms with Gasteiger partial charge in [0, 0.05) is 50.7 Å². The highest BCUT2D eigenvalue weighted by Gasteiger charge is 2.36. The molecule has 10 nitrogen and oxygen atoms in total. The second kappa shape index (κ2) is 12.9. The Morgan fingerprint density at radius 3 is 2.57 bits per heavy atom. The quantitative estimate of drug-likeness (QED) is 0.353. The topological polar surface area (TPSA) is 121 Å². The number of nitrogens with zero attached hydrogens (tertiary/aromatic N) is 4. The van der Waals surface area contributed by atoms with E-state index in [4.69, 9.17) is 9.72 Å². The first-order valence-electron chi connectivity index (χ1n) is 15.0. The van der Waals surface area contributed by atoms with Crippen LogP contribution in [-0.2, 0) is 16.0 Å². The summed E-state index contributed by atoms with van der Waals surface area (Å²) in [4.78, 5) is 55.2. The van der Waals surface area contributed by atoms with Crippen LogP contribution in [0.3, 0.4) is 0 Å². The van der Waals surface area contributed by atoms with Crippen molar-refractivity contribution in [3.63, 3.8) is 0 Å². The van der Waals surface area contributed by atoms with Crippen LogP contribution < -0.4 is 20.7 Å². The van der Waals surface area contributed by atoms with Gasteiger partial charge in [0.15, 0.2) is 0 Å². The van der Waals surface area contributed by atoms with Crippen LogP contribution in [0, 0.1) is 5.92 Å². The number of likely N-dealkylation sites (N-methyl/N-ethyl adjacent to an activating group) is 1. The first kappa shape index (κ1) is 30.7. The van der Waals surface area contributed by atoms with Gasteiger partial charge in [-0.1, -0.05) is 43.3 Å². The average Bonchev–Trinajstić information content (AvgIpc) is 3.43. The summed E-state index contributed by atoms with van der Waals surface area (Å²) in [5, 5.41) is 3.00. The largest absolute Gasteiger partial charge is 0.444 e. The van der Waals surface area contributed by atoms with Crippen LogP contribution in [0.1, 0.15) is 46.1 Å². The lowest BCUT2D eigenvalue weighted by molar-refractivity contribution is -0.120. The molecule has 1 aliphatic carbocycles. The Balaban J connectivity index is 1.48. The summed E-state index contributed by atoms with van der Waals surface area (Å²) < 4.78 is 5.54. The van der Waals surface area contributed by atoms with E-state index in [1.165, 1.54) is 0 Å². The number of Topliss-reactive ketones (excluding diaryl/α,β-unsaturated/α-hetero) is 1. The van der Waals surface area contributed by atoms with Gasteiger partial charge in [-0.15, -0.1) is 0 Å². The minimum atomic E-state index is -0.643. The lowest BCUT2D eigenvalue weighted by atomic mass is 9.84. The smallest absolute Gasteiger partial charge is 0.407 e. The highest BCUT2D eigenvalue weighted by molar-refractivity contribution is 5.91. The van der Waals surface area contributed by atoms with Gasteiger partial charge in [-0.3, -0.25) is 19.6 Å². The van der Waals surface area contributed by atoms with Crippen LogP contribution in [0.5, 0.6) is 0 Å². The molecule has 3 aromatic rings. The SMILES string of the molecule is CCC1=CCC(=O)C2CN(c3c(-c4ccncc4)nc(N(C)C[C@H](Cc4ccccc4)NC(=O)OC(C)(C)C)[nH]c3=O)C=C12. The molecule has 230 valence electrons. The molecule has 3 heterocycles. The van der Waals surface area contributed by atoms with Gasteiger partial charge < -0.3 is 19.9 Å². The number of rotatable bonds is 9. The lowest BCUT2D eigenvalue weighted by Crippen LogP contribution is -2.46. The van der Waals surface area contributed by atoms with Crippen LogP contribution in [-0.4, -0.2) is 58.6 Å². The van der Waals surface area contributed by atoms with Crippen LogP contribution in [0.4, 0.5) is 16.4 Å². The predicted octanol–water partition coefficient (Wildman–Crippen LogP) is 5.03. The molecular weight excluding hydrogens is 556 g/mol. The van der Waals surface area contributed by atoms with Crippen molar-refractivity contribution in [2.24, 2.45) is 5.92 Å². The van der Waals surface area contributed by atoms with Crippen LogP contribution in [0.2, 0.25) is 0 Å². The van der Waals surface area contributed by atoms with Gasteiger partial charge in [-0.05, 0) is 62.5 Å². The van der Waals surface area contributed by atoms with E-state index in [1.54, 1.807) is 12.4 Å². The summed E-state index contributed by atoms with van der Waals surface area (Å²) in [6, 6.07) is 13.2. The normalized spacial score (nSPS) is 17.0. The standard InChI is InChI=1S/C34H40N6O4/c1-6-23-12-13-28(41)27-21-40(20-26(23)27)30-29(24-14-16-35-17-15-24)37-32(38-31(30)42)39(5)19-25(18-22-10-8-7-9-11-22)36-33(43)44-34(2,3)4/h7-12,14-17,20,25,27H,6,13,18-19,21H2,1-5H3,(H,36,43)(H,37,38,42)/t25-,27?/m0/s1. The number of aromatic nitrogens is 3. The second-order valence-electron chi connectivity index (χ2n) is 12.3.